The molecule has 244 valence electrons. The summed E-state index contributed by atoms with van der Waals surface area (Å²) >= 11 is 0. The summed E-state index contributed by atoms with van der Waals surface area (Å²) in [7, 11) is 0. The molecule has 0 saturated carbocycles. The number of hydrogen-bond donors (Lipinski definition) is 0. The lowest BCUT2D eigenvalue weighted by Crippen LogP contribution is -2.06. The van der Waals surface area contributed by atoms with Crippen LogP contribution < -0.4 is 0 Å². The maximum Gasteiger partial charge on any atom is -0.00135 e. The molecule has 0 aliphatic heterocycles. The van der Waals surface area contributed by atoms with E-state index in [0.29, 0.717) is 0 Å². The van der Waals surface area contributed by atoms with E-state index in [-0.39, 0.29) is 0 Å². The molecule has 0 aromatic heterocycles. The molecule has 0 atom stereocenters. The highest BCUT2D eigenvalue weighted by molar-refractivity contribution is 5.98. The van der Waals surface area contributed by atoms with Crippen molar-refractivity contribution in [3.8, 4) is 11.1 Å². The van der Waals surface area contributed by atoms with Gasteiger partial charge in [0.1, 0.15) is 0 Å². The second-order valence-corrected chi connectivity index (χ2v) is 13.3. The Morgan fingerprint density at radius 3 is 0.725 bits per heavy atom. The maximum absolute atomic E-state index is 2.24. The molecule has 0 heterocycles. The monoisotopic (exact) mass is 652 g/mol. The highest BCUT2D eigenvalue weighted by atomic mass is 14.2. The van der Waals surface area contributed by atoms with Gasteiger partial charge in [0.05, 0.1) is 0 Å². The van der Waals surface area contributed by atoms with Crippen LogP contribution in [0.5, 0.6) is 0 Å². The molecule has 51 heavy (non-hydrogen) atoms. The fourth-order valence-electron chi connectivity index (χ4n) is 7.31. The van der Waals surface area contributed by atoms with Gasteiger partial charge in [-0.2, -0.15) is 0 Å². The Labute approximate surface area is 301 Å². The smallest absolute Gasteiger partial charge is 0.00135 e. The molecule has 0 N–H and O–H groups in total. The molecule has 2 aliphatic carbocycles. The van der Waals surface area contributed by atoms with Crippen LogP contribution in [0.3, 0.4) is 0 Å². The Morgan fingerprint density at radius 1 is 0.196 bits per heavy atom. The molecule has 9 aromatic rings. The van der Waals surface area contributed by atoms with E-state index in [1.807, 2.05) is 0 Å². The van der Waals surface area contributed by atoms with Crippen molar-refractivity contribution in [1.82, 2.24) is 0 Å². The van der Waals surface area contributed by atoms with Crippen LogP contribution in [0.15, 0.2) is 206 Å². The number of hydrogen-bond acceptors (Lipinski definition) is 0. The molecular formula is C51H40. The average molecular weight is 653 g/mol. The summed E-state index contributed by atoms with van der Waals surface area (Å²) in [5.41, 5.74) is 11.7. The summed E-state index contributed by atoms with van der Waals surface area (Å²) in [5.74, 6) is 0. The highest BCUT2D eigenvalue weighted by Gasteiger charge is 2.16. The molecule has 0 spiro atoms. The SMILES string of the molecule is c1ccc2c(c1)Cc1ccccc1-2.c1ccc2c(c1)Cc1ccccc1C2.c1ccc2cc3ccccc3cc2c1.c1ccc2ccccc2c1. The van der Waals surface area contributed by atoms with Crippen LogP contribution in [-0.2, 0) is 19.3 Å². The van der Waals surface area contributed by atoms with Crippen LogP contribution in [0.1, 0.15) is 33.4 Å². The predicted molar refractivity (Wildman–Crippen MR) is 219 cm³/mol. The number of benzene rings is 9. The van der Waals surface area contributed by atoms with Gasteiger partial charge < -0.3 is 0 Å². The zero-order valence-corrected chi connectivity index (χ0v) is 28.8. The second kappa shape index (κ2) is 15.1. The van der Waals surface area contributed by atoms with Gasteiger partial charge in [0.25, 0.3) is 0 Å². The van der Waals surface area contributed by atoms with Gasteiger partial charge in [-0.25, -0.2) is 0 Å². The van der Waals surface area contributed by atoms with E-state index < -0.39 is 0 Å². The lowest BCUT2D eigenvalue weighted by Gasteiger charge is -2.18. The molecule has 0 heteroatoms. The Bertz CT molecular complexity index is 2270. The van der Waals surface area contributed by atoms with E-state index in [1.165, 1.54) is 76.8 Å². The third-order valence-corrected chi connectivity index (χ3v) is 9.98. The van der Waals surface area contributed by atoms with Crippen LogP contribution in [-0.4, -0.2) is 0 Å². The summed E-state index contributed by atoms with van der Waals surface area (Å²) < 4.78 is 0. The normalized spacial score (nSPS) is 11.7. The van der Waals surface area contributed by atoms with E-state index in [4.69, 9.17) is 0 Å². The van der Waals surface area contributed by atoms with Gasteiger partial charge in [-0.1, -0.05) is 194 Å². The Morgan fingerprint density at radius 2 is 0.412 bits per heavy atom. The van der Waals surface area contributed by atoms with Crippen molar-refractivity contribution in [2.45, 2.75) is 19.3 Å². The second-order valence-electron chi connectivity index (χ2n) is 13.3. The topological polar surface area (TPSA) is 0 Å². The average Bonchev–Trinajstić information content (AvgIpc) is 3.59. The van der Waals surface area contributed by atoms with Gasteiger partial charge in [-0.05, 0) is 108 Å². The molecule has 0 radical (unpaired) electrons. The van der Waals surface area contributed by atoms with Crippen molar-refractivity contribution in [1.29, 1.82) is 0 Å². The van der Waals surface area contributed by atoms with E-state index in [9.17, 15) is 0 Å². The Hall–Kier alpha value is -6.24. The largest absolute Gasteiger partial charge is 0.0620 e. The first-order valence-electron chi connectivity index (χ1n) is 17.9. The van der Waals surface area contributed by atoms with Crippen LogP contribution in [0, 0.1) is 0 Å². The van der Waals surface area contributed by atoms with E-state index >= 15 is 0 Å². The van der Waals surface area contributed by atoms with Crippen LogP contribution in [0.4, 0.5) is 0 Å². The van der Waals surface area contributed by atoms with Gasteiger partial charge >= 0.3 is 0 Å². The minimum atomic E-state index is 1.10. The number of fused-ring (bicyclic) bond motifs is 8. The van der Waals surface area contributed by atoms with Crippen molar-refractivity contribution in [2.75, 3.05) is 0 Å². The third kappa shape index (κ3) is 7.37. The molecule has 0 saturated heterocycles. The zero-order chi connectivity index (χ0) is 34.2. The van der Waals surface area contributed by atoms with Gasteiger partial charge in [0.2, 0.25) is 0 Å². The molecule has 0 unspecified atom stereocenters. The van der Waals surface area contributed by atoms with Crippen molar-refractivity contribution < 1.29 is 0 Å². The van der Waals surface area contributed by atoms with Crippen LogP contribution >= 0.6 is 0 Å². The molecule has 9 aromatic carbocycles. The van der Waals surface area contributed by atoms with Gasteiger partial charge in [-0.15, -0.1) is 0 Å². The van der Waals surface area contributed by atoms with Gasteiger partial charge in [0.15, 0.2) is 0 Å². The lowest BCUT2D eigenvalue weighted by molar-refractivity contribution is 1.00. The van der Waals surface area contributed by atoms with E-state index in [1.54, 1.807) is 0 Å². The summed E-state index contributed by atoms with van der Waals surface area (Å²) in [5, 5.41) is 7.87. The molecule has 0 bridgehead atoms. The van der Waals surface area contributed by atoms with Crippen molar-refractivity contribution in [3.05, 3.63) is 240 Å². The predicted octanol–water partition coefficient (Wildman–Crippen LogP) is 13.3. The standard InChI is InChI=1S/C14H12.C14H10.C13H10.C10H8/c2*1-2-6-12-10-14-8-4-3-7-13(14)9-11(12)5-1;1-3-7-12-10(5-1)9-11-6-2-4-8-13(11)12;1-2-6-10-8-4-3-7-9(10)5-1/h1-8H,9-10H2;1-10H;1-8H,9H2;1-8H. The summed E-state index contributed by atoms with van der Waals surface area (Å²) in [6, 6.07) is 72.9. The fourth-order valence-corrected chi connectivity index (χ4v) is 7.31. The molecule has 0 nitrogen and oxygen atoms in total. The zero-order valence-electron chi connectivity index (χ0n) is 28.8. The van der Waals surface area contributed by atoms with Gasteiger partial charge in [0, 0.05) is 0 Å². The Kier molecular flexibility index (Phi) is 9.48. The third-order valence-electron chi connectivity index (χ3n) is 9.98. The highest BCUT2D eigenvalue weighted by Crippen LogP contribution is 2.35. The first-order chi connectivity index (χ1) is 25.3. The molecular weight excluding hydrogens is 613 g/mol. The quantitative estimate of drug-likeness (QED) is 0.143. The summed E-state index contributed by atoms with van der Waals surface area (Å²) in [4.78, 5) is 0. The first-order valence-corrected chi connectivity index (χ1v) is 17.9. The van der Waals surface area contributed by atoms with E-state index in [2.05, 4.69) is 206 Å². The molecule has 2 aliphatic rings. The van der Waals surface area contributed by atoms with Gasteiger partial charge in [-0.3, -0.25) is 0 Å². The minimum Gasteiger partial charge on any atom is -0.0620 e. The Balaban J connectivity index is 0.0000000985. The molecule has 0 fully saturated rings. The minimum absolute atomic E-state index is 1.10. The van der Waals surface area contributed by atoms with Crippen molar-refractivity contribution in [2.24, 2.45) is 0 Å². The van der Waals surface area contributed by atoms with E-state index in [0.717, 1.165) is 19.3 Å². The maximum atomic E-state index is 2.24. The van der Waals surface area contributed by atoms with Crippen LogP contribution in [0.25, 0.3) is 43.4 Å². The van der Waals surface area contributed by atoms with Crippen molar-refractivity contribution >= 4 is 32.3 Å². The summed E-state index contributed by atoms with van der Waals surface area (Å²) in [6.45, 7) is 0. The lowest BCUT2D eigenvalue weighted by atomic mass is 9.86. The fraction of sp³-hybridized carbons (Fsp3) is 0.0588. The van der Waals surface area contributed by atoms with Crippen LogP contribution in [0.2, 0.25) is 0 Å². The number of rotatable bonds is 0. The molecule has 0 amide bonds. The van der Waals surface area contributed by atoms with Crippen molar-refractivity contribution in [3.63, 3.8) is 0 Å². The molecule has 11 rings (SSSR count). The summed E-state index contributed by atoms with van der Waals surface area (Å²) in [6.07, 6.45) is 3.31. The first kappa shape index (κ1) is 32.0.